The molecule has 1 rings (SSSR count). The molecule has 1 amide bonds. The highest BCUT2D eigenvalue weighted by Gasteiger charge is 2.15. The Morgan fingerprint density at radius 3 is 2.88 bits per heavy atom. The minimum Gasteiger partial charge on any atom is -0.345 e. The van der Waals surface area contributed by atoms with E-state index < -0.39 is 0 Å². The fourth-order valence-corrected chi connectivity index (χ4v) is 1.31. The van der Waals surface area contributed by atoms with E-state index in [1.165, 1.54) is 0 Å². The summed E-state index contributed by atoms with van der Waals surface area (Å²) in [5, 5.41) is 10.9. The lowest BCUT2D eigenvalue weighted by atomic mass is 10.3. The largest absolute Gasteiger partial charge is 0.345 e. The van der Waals surface area contributed by atoms with Crippen molar-refractivity contribution in [1.29, 1.82) is 0 Å². The Morgan fingerprint density at radius 1 is 1.69 bits per heavy atom. The second-order valence-electron chi connectivity index (χ2n) is 3.84. The zero-order chi connectivity index (χ0) is 12.1. The lowest BCUT2D eigenvalue weighted by Gasteiger charge is -2.20. The van der Waals surface area contributed by atoms with Crippen LogP contribution >= 0.6 is 0 Å². The van der Waals surface area contributed by atoms with Crippen molar-refractivity contribution in [3.05, 3.63) is 11.9 Å². The van der Waals surface area contributed by atoms with Crippen molar-refractivity contribution in [3.63, 3.8) is 0 Å². The number of hydrogen-bond acceptors (Lipinski definition) is 4. The van der Waals surface area contributed by atoms with E-state index >= 15 is 0 Å². The van der Waals surface area contributed by atoms with Crippen molar-refractivity contribution in [2.45, 2.75) is 26.4 Å². The smallest absolute Gasteiger partial charge is 0.239 e. The topological polar surface area (TPSA) is 63.1 Å². The average Bonchev–Trinajstić information content (AvgIpc) is 2.69. The molecule has 1 unspecified atom stereocenters. The number of hydrogen-bond donors (Lipinski definition) is 1. The van der Waals surface area contributed by atoms with E-state index in [2.05, 4.69) is 15.6 Å². The molecule has 1 aromatic heterocycles. The number of aryl methyl sites for hydroxylation is 1. The number of aromatic nitrogens is 3. The number of likely N-dealkylation sites (N-methyl/N-ethyl adjacent to an activating group) is 1. The van der Waals surface area contributed by atoms with Gasteiger partial charge in [-0.1, -0.05) is 5.21 Å². The van der Waals surface area contributed by atoms with E-state index in [-0.39, 0.29) is 11.9 Å². The van der Waals surface area contributed by atoms with Crippen LogP contribution in [-0.4, -0.2) is 45.4 Å². The molecule has 0 aliphatic heterocycles. The lowest BCUT2D eigenvalue weighted by Crippen LogP contribution is -2.42. The van der Waals surface area contributed by atoms with E-state index in [9.17, 15) is 4.79 Å². The molecule has 0 fully saturated rings. The van der Waals surface area contributed by atoms with Crippen LogP contribution in [0.3, 0.4) is 0 Å². The van der Waals surface area contributed by atoms with Crippen molar-refractivity contribution in [1.82, 2.24) is 25.2 Å². The van der Waals surface area contributed by atoms with Crippen molar-refractivity contribution >= 4 is 5.91 Å². The highest BCUT2D eigenvalue weighted by Crippen LogP contribution is 1.95. The number of rotatable bonds is 5. The number of nitrogens with zero attached hydrogens (tertiary/aromatic N) is 4. The molecule has 0 radical (unpaired) electrons. The Labute approximate surface area is 95.6 Å². The normalized spacial score (nSPS) is 12.5. The van der Waals surface area contributed by atoms with Crippen LogP contribution in [0, 0.1) is 0 Å². The fraction of sp³-hybridized carbons (Fsp3) is 0.700. The Hall–Kier alpha value is -1.43. The summed E-state index contributed by atoms with van der Waals surface area (Å²) in [5.41, 5.74) is 0.835. The van der Waals surface area contributed by atoms with Gasteiger partial charge < -0.3 is 10.2 Å². The van der Waals surface area contributed by atoms with Gasteiger partial charge in [-0.3, -0.25) is 9.48 Å². The van der Waals surface area contributed by atoms with Gasteiger partial charge in [0.25, 0.3) is 0 Å². The van der Waals surface area contributed by atoms with Crippen LogP contribution in [0.25, 0.3) is 0 Å². The Morgan fingerprint density at radius 2 is 2.38 bits per heavy atom. The molecular formula is C10H19N5O. The van der Waals surface area contributed by atoms with Gasteiger partial charge in [0, 0.05) is 33.4 Å². The maximum Gasteiger partial charge on any atom is 0.239 e. The van der Waals surface area contributed by atoms with E-state index in [1.54, 1.807) is 16.6 Å². The van der Waals surface area contributed by atoms with Crippen LogP contribution in [-0.2, 0) is 18.4 Å². The SMILES string of the molecule is CCN(C)C(=O)C(C)NCc1cn(C)nn1. The van der Waals surface area contributed by atoms with Crippen LogP contribution in [0.5, 0.6) is 0 Å². The van der Waals surface area contributed by atoms with Gasteiger partial charge in [-0.05, 0) is 13.8 Å². The van der Waals surface area contributed by atoms with Crippen LogP contribution in [0.1, 0.15) is 19.5 Å². The fourth-order valence-electron chi connectivity index (χ4n) is 1.31. The lowest BCUT2D eigenvalue weighted by molar-refractivity contribution is -0.131. The summed E-state index contributed by atoms with van der Waals surface area (Å²) < 4.78 is 1.64. The zero-order valence-electron chi connectivity index (χ0n) is 10.3. The number of carbonyl (C=O) groups excluding carboxylic acids is 1. The Balaban J connectivity index is 2.40. The van der Waals surface area contributed by atoms with Crippen LogP contribution in [0.4, 0.5) is 0 Å². The van der Waals surface area contributed by atoms with Gasteiger partial charge in [0.15, 0.2) is 0 Å². The molecule has 0 bridgehead atoms. The third-order valence-corrected chi connectivity index (χ3v) is 2.46. The van der Waals surface area contributed by atoms with Crippen molar-refractivity contribution in [2.75, 3.05) is 13.6 Å². The maximum atomic E-state index is 11.7. The summed E-state index contributed by atoms with van der Waals surface area (Å²) in [4.78, 5) is 13.4. The molecule has 0 aliphatic carbocycles. The van der Waals surface area contributed by atoms with E-state index in [4.69, 9.17) is 0 Å². The molecule has 16 heavy (non-hydrogen) atoms. The second-order valence-corrected chi connectivity index (χ2v) is 3.84. The molecule has 1 N–H and O–H groups in total. The standard InChI is InChI=1S/C10H19N5O/c1-5-14(3)10(16)8(2)11-6-9-7-15(4)13-12-9/h7-8,11H,5-6H2,1-4H3. The molecule has 0 spiro atoms. The molecule has 0 saturated carbocycles. The first kappa shape index (κ1) is 12.6. The van der Waals surface area contributed by atoms with Gasteiger partial charge in [-0.15, -0.1) is 5.10 Å². The number of amides is 1. The molecule has 0 aromatic carbocycles. The molecule has 0 saturated heterocycles. The average molecular weight is 225 g/mol. The minimum absolute atomic E-state index is 0.0893. The van der Waals surface area contributed by atoms with E-state index in [0.717, 1.165) is 12.2 Å². The number of carbonyl (C=O) groups is 1. The summed E-state index contributed by atoms with van der Waals surface area (Å²) in [5.74, 6) is 0.0893. The van der Waals surface area contributed by atoms with Crippen molar-refractivity contribution in [3.8, 4) is 0 Å². The highest BCUT2D eigenvalue weighted by atomic mass is 16.2. The first-order valence-electron chi connectivity index (χ1n) is 5.38. The molecule has 0 aliphatic rings. The van der Waals surface area contributed by atoms with Gasteiger partial charge in [0.05, 0.1) is 11.7 Å². The predicted octanol–water partition coefficient (Wildman–Crippen LogP) is -0.228. The Kier molecular flexibility index (Phi) is 4.42. The van der Waals surface area contributed by atoms with Gasteiger partial charge >= 0.3 is 0 Å². The predicted molar refractivity (Wildman–Crippen MR) is 60.6 cm³/mol. The first-order chi connectivity index (χ1) is 7.54. The maximum absolute atomic E-state index is 11.7. The third kappa shape index (κ3) is 3.30. The molecule has 6 nitrogen and oxygen atoms in total. The quantitative estimate of drug-likeness (QED) is 0.752. The third-order valence-electron chi connectivity index (χ3n) is 2.46. The summed E-state index contributed by atoms with van der Waals surface area (Å²) >= 11 is 0. The highest BCUT2D eigenvalue weighted by molar-refractivity contribution is 5.81. The van der Waals surface area contributed by atoms with E-state index in [0.29, 0.717) is 6.54 Å². The molecular weight excluding hydrogens is 206 g/mol. The molecule has 1 heterocycles. The summed E-state index contributed by atoms with van der Waals surface area (Å²) in [6.07, 6.45) is 1.83. The molecule has 1 aromatic rings. The van der Waals surface area contributed by atoms with Gasteiger partial charge in [0.2, 0.25) is 5.91 Å². The summed E-state index contributed by atoms with van der Waals surface area (Å²) in [6.45, 7) is 5.08. The first-order valence-corrected chi connectivity index (χ1v) is 5.38. The summed E-state index contributed by atoms with van der Waals surface area (Å²) in [7, 11) is 3.61. The molecule has 90 valence electrons. The Bertz CT molecular complexity index is 349. The monoisotopic (exact) mass is 225 g/mol. The minimum atomic E-state index is -0.202. The van der Waals surface area contributed by atoms with Gasteiger partial charge in [-0.2, -0.15) is 0 Å². The van der Waals surface area contributed by atoms with Gasteiger partial charge in [0.1, 0.15) is 0 Å². The van der Waals surface area contributed by atoms with Crippen LogP contribution in [0.15, 0.2) is 6.20 Å². The van der Waals surface area contributed by atoms with Crippen molar-refractivity contribution < 1.29 is 4.79 Å². The zero-order valence-corrected chi connectivity index (χ0v) is 10.3. The van der Waals surface area contributed by atoms with Crippen LogP contribution < -0.4 is 5.32 Å². The summed E-state index contributed by atoms with van der Waals surface area (Å²) in [6, 6.07) is -0.202. The molecule has 6 heteroatoms. The number of nitrogens with one attached hydrogen (secondary N) is 1. The van der Waals surface area contributed by atoms with Crippen molar-refractivity contribution in [2.24, 2.45) is 7.05 Å². The van der Waals surface area contributed by atoms with Gasteiger partial charge in [-0.25, -0.2) is 0 Å². The van der Waals surface area contributed by atoms with E-state index in [1.807, 2.05) is 27.1 Å². The second kappa shape index (κ2) is 5.60. The van der Waals surface area contributed by atoms with Crippen LogP contribution in [0.2, 0.25) is 0 Å². The molecule has 1 atom stereocenters.